The van der Waals surface area contributed by atoms with Gasteiger partial charge in [0.15, 0.2) is 11.5 Å². The van der Waals surface area contributed by atoms with Crippen LogP contribution in [0.3, 0.4) is 0 Å². The minimum absolute atomic E-state index is 0.0849. The van der Waals surface area contributed by atoms with Crippen LogP contribution < -0.4 is 10.5 Å². The molecule has 0 radical (unpaired) electrons. The molecule has 1 aromatic rings. The van der Waals surface area contributed by atoms with E-state index in [1.807, 2.05) is 0 Å². The fraction of sp³-hybridized carbons (Fsp3) is 0.154. The minimum atomic E-state index is -0.782. The van der Waals surface area contributed by atoms with Gasteiger partial charge >= 0.3 is 0 Å². The van der Waals surface area contributed by atoms with Gasteiger partial charge in [0, 0.05) is 10.0 Å². The van der Waals surface area contributed by atoms with Crippen LogP contribution in [0.4, 0.5) is 4.79 Å². The second kappa shape index (κ2) is 6.41. The molecular formula is C13H11BrN2O5S. The Kier molecular flexibility index (Phi) is 4.77. The number of halogens is 1. The quantitative estimate of drug-likeness (QED) is 0.761. The Morgan fingerprint density at radius 3 is 2.77 bits per heavy atom. The first-order valence-corrected chi connectivity index (χ1v) is 7.54. The van der Waals surface area contributed by atoms with Gasteiger partial charge in [-0.2, -0.15) is 0 Å². The van der Waals surface area contributed by atoms with Gasteiger partial charge in [-0.05, 0) is 30.0 Å². The van der Waals surface area contributed by atoms with Gasteiger partial charge in [0.1, 0.15) is 6.54 Å². The normalized spacial score (nSPS) is 16.5. The molecular weight excluding hydrogens is 376 g/mol. The number of amides is 3. The number of ether oxygens (including phenoxy) is 1. The number of phenolic OH excluding ortho intramolecular Hbond substituents is 1. The number of benzene rings is 1. The van der Waals surface area contributed by atoms with Gasteiger partial charge in [-0.3, -0.25) is 19.3 Å². The van der Waals surface area contributed by atoms with Crippen molar-refractivity contribution in [1.29, 1.82) is 0 Å². The molecule has 0 aliphatic carbocycles. The number of phenols is 1. The van der Waals surface area contributed by atoms with E-state index in [4.69, 9.17) is 10.5 Å². The molecule has 116 valence electrons. The van der Waals surface area contributed by atoms with Crippen LogP contribution in [0.1, 0.15) is 5.56 Å². The van der Waals surface area contributed by atoms with Crippen LogP contribution in [0.15, 0.2) is 21.5 Å². The van der Waals surface area contributed by atoms with E-state index < -0.39 is 23.6 Å². The second-order valence-electron chi connectivity index (χ2n) is 4.28. The van der Waals surface area contributed by atoms with E-state index in [1.54, 1.807) is 12.1 Å². The SMILES string of the molecule is COc1cc(Br)cc(/C=C2\SC(=O)N(CC(N)=O)C2=O)c1O. The van der Waals surface area contributed by atoms with Crippen molar-refractivity contribution in [3.63, 3.8) is 0 Å². The Labute approximate surface area is 138 Å². The Morgan fingerprint density at radius 1 is 1.50 bits per heavy atom. The largest absolute Gasteiger partial charge is 0.504 e. The van der Waals surface area contributed by atoms with E-state index in [-0.39, 0.29) is 16.4 Å². The number of carbonyl (C=O) groups excluding carboxylic acids is 3. The lowest BCUT2D eigenvalue weighted by Crippen LogP contribution is -2.36. The van der Waals surface area contributed by atoms with Crippen molar-refractivity contribution < 1.29 is 24.2 Å². The molecule has 3 amide bonds. The average molecular weight is 387 g/mol. The predicted molar refractivity (Wildman–Crippen MR) is 84.2 cm³/mol. The zero-order chi connectivity index (χ0) is 16.4. The van der Waals surface area contributed by atoms with Crippen LogP contribution in [-0.4, -0.2) is 40.7 Å². The number of hydrogen-bond donors (Lipinski definition) is 2. The summed E-state index contributed by atoms with van der Waals surface area (Å²) in [7, 11) is 1.39. The number of thioether (sulfide) groups is 1. The highest BCUT2D eigenvalue weighted by Crippen LogP contribution is 2.38. The molecule has 0 aromatic heterocycles. The van der Waals surface area contributed by atoms with Gasteiger partial charge in [0.25, 0.3) is 11.1 Å². The van der Waals surface area contributed by atoms with Crippen molar-refractivity contribution in [2.45, 2.75) is 0 Å². The Hall–Kier alpha value is -2.00. The number of hydrogen-bond acceptors (Lipinski definition) is 6. The third-order valence-corrected chi connectivity index (χ3v) is 4.13. The third kappa shape index (κ3) is 3.25. The molecule has 0 unspecified atom stereocenters. The van der Waals surface area contributed by atoms with Gasteiger partial charge < -0.3 is 15.6 Å². The molecule has 22 heavy (non-hydrogen) atoms. The summed E-state index contributed by atoms with van der Waals surface area (Å²) in [6, 6.07) is 3.13. The highest BCUT2D eigenvalue weighted by molar-refractivity contribution is 9.10. The Morgan fingerprint density at radius 2 is 2.18 bits per heavy atom. The highest BCUT2D eigenvalue weighted by Gasteiger charge is 2.36. The summed E-state index contributed by atoms with van der Waals surface area (Å²) in [5.41, 5.74) is 5.30. The lowest BCUT2D eigenvalue weighted by molar-refractivity contribution is -0.127. The molecule has 0 atom stereocenters. The van der Waals surface area contributed by atoms with Gasteiger partial charge in [-0.1, -0.05) is 15.9 Å². The number of methoxy groups -OCH3 is 1. The molecule has 3 N–H and O–H groups in total. The van der Waals surface area contributed by atoms with Crippen molar-refractivity contribution in [3.8, 4) is 11.5 Å². The Balaban J connectivity index is 2.39. The number of carbonyl (C=O) groups is 3. The molecule has 7 nitrogen and oxygen atoms in total. The van der Waals surface area contributed by atoms with E-state index >= 15 is 0 Å². The van der Waals surface area contributed by atoms with Crippen molar-refractivity contribution >= 4 is 50.8 Å². The number of imide groups is 1. The van der Waals surface area contributed by atoms with E-state index in [1.165, 1.54) is 13.2 Å². The molecule has 1 fully saturated rings. The van der Waals surface area contributed by atoms with Crippen molar-refractivity contribution in [2.75, 3.05) is 13.7 Å². The van der Waals surface area contributed by atoms with Gasteiger partial charge in [0.2, 0.25) is 5.91 Å². The van der Waals surface area contributed by atoms with Gasteiger partial charge in [-0.25, -0.2) is 0 Å². The maximum atomic E-state index is 12.1. The average Bonchev–Trinajstić information content (AvgIpc) is 2.69. The monoisotopic (exact) mass is 386 g/mol. The Bertz CT molecular complexity index is 704. The molecule has 1 aliphatic rings. The van der Waals surface area contributed by atoms with Crippen LogP contribution in [0, 0.1) is 0 Å². The molecule has 0 bridgehead atoms. The standard InChI is InChI=1S/C13H11BrN2O5S/c1-21-8-4-7(14)2-6(11(8)18)3-9-12(19)16(5-10(15)17)13(20)22-9/h2-4,18H,5H2,1H3,(H2,15,17)/b9-3-. The first kappa shape index (κ1) is 16.4. The lowest BCUT2D eigenvalue weighted by atomic mass is 10.1. The van der Waals surface area contributed by atoms with Crippen molar-refractivity contribution in [3.05, 3.63) is 27.1 Å². The van der Waals surface area contributed by atoms with Crippen molar-refractivity contribution in [1.82, 2.24) is 4.90 Å². The van der Waals surface area contributed by atoms with Crippen LogP contribution >= 0.6 is 27.7 Å². The van der Waals surface area contributed by atoms with Gasteiger partial charge in [0.05, 0.1) is 12.0 Å². The molecule has 1 aliphatic heterocycles. The first-order valence-electron chi connectivity index (χ1n) is 5.93. The van der Waals surface area contributed by atoms with Crippen LogP contribution in [0.25, 0.3) is 6.08 Å². The summed E-state index contributed by atoms with van der Waals surface area (Å²) in [6.07, 6.45) is 1.36. The lowest BCUT2D eigenvalue weighted by Gasteiger charge is -2.09. The summed E-state index contributed by atoms with van der Waals surface area (Å²) < 4.78 is 5.64. The number of rotatable bonds is 4. The zero-order valence-electron chi connectivity index (χ0n) is 11.3. The fourth-order valence-corrected chi connectivity index (χ4v) is 3.08. The maximum absolute atomic E-state index is 12.1. The van der Waals surface area contributed by atoms with E-state index in [0.717, 1.165) is 4.90 Å². The van der Waals surface area contributed by atoms with E-state index in [2.05, 4.69) is 15.9 Å². The molecule has 2 rings (SSSR count). The predicted octanol–water partition coefficient (Wildman–Crippen LogP) is 1.68. The maximum Gasteiger partial charge on any atom is 0.294 e. The number of aromatic hydroxyl groups is 1. The van der Waals surface area contributed by atoms with Gasteiger partial charge in [-0.15, -0.1) is 0 Å². The molecule has 0 saturated carbocycles. The molecule has 1 heterocycles. The zero-order valence-corrected chi connectivity index (χ0v) is 13.7. The summed E-state index contributed by atoms with van der Waals surface area (Å²) in [4.78, 5) is 35.5. The first-order chi connectivity index (χ1) is 10.3. The van der Waals surface area contributed by atoms with Crippen LogP contribution in [-0.2, 0) is 9.59 Å². The molecule has 1 saturated heterocycles. The highest BCUT2D eigenvalue weighted by atomic mass is 79.9. The summed E-state index contributed by atoms with van der Waals surface area (Å²) in [5, 5.41) is 9.47. The molecule has 1 aromatic carbocycles. The third-order valence-electron chi connectivity index (χ3n) is 2.76. The smallest absolute Gasteiger partial charge is 0.294 e. The topological polar surface area (TPSA) is 110 Å². The summed E-state index contributed by atoms with van der Waals surface area (Å²) in [6.45, 7) is -0.476. The van der Waals surface area contributed by atoms with Crippen LogP contribution in [0.5, 0.6) is 11.5 Å². The van der Waals surface area contributed by atoms with E-state index in [0.29, 0.717) is 21.8 Å². The second-order valence-corrected chi connectivity index (χ2v) is 6.19. The summed E-state index contributed by atoms with van der Waals surface area (Å²) in [5.74, 6) is -1.35. The van der Waals surface area contributed by atoms with Crippen LogP contribution in [0.2, 0.25) is 0 Å². The fourth-order valence-electron chi connectivity index (χ4n) is 1.79. The number of nitrogens with two attached hydrogens (primary N) is 1. The molecule has 9 heteroatoms. The number of primary amides is 1. The van der Waals surface area contributed by atoms with Crippen molar-refractivity contribution in [2.24, 2.45) is 5.73 Å². The van der Waals surface area contributed by atoms with E-state index in [9.17, 15) is 19.5 Å². The molecule has 0 spiro atoms. The number of nitrogens with zero attached hydrogens (tertiary/aromatic N) is 1. The minimum Gasteiger partial charge on any atom is -0.504 e. The summed E-state index contributed by atoms with van der Waals surface area (Å²) >= 11 is 3.93.